The van der Waals surface area contributed by atoms with Gasteiger partial charge in [-0.2, -0.15) is 9.78 Å². The van der Waals surface area contributed by atoms with E-state index in [4.69, 9.17) is 10.5 Å². The van der Waals surface area contributed by atoms with E-state index in [1.165, 1.54) is 4.68 Å². The lowest BCUT2D eigenvalue weighted by Crippen LogP contribution is -2.27. The van der Waals surface area contributed by atoms with Crippen LogP contribution in [0.2, 0.25) is 0 Å². The summed E-state index contributed by atoms with van der Waals surface area (Å²) >= 11 is 0. The number of nitrogens with two attached hydrogens (primary N) is 1. The highest BCUT2D eigenvalue weighted by Crippen LogP contribution is 2.37. The zero-order valence-corrected chi connectivity index (χ0v) is 18.6. The summed E-state index contributed by atoms with van der Waals surface area (Å²) in [4.78, 5) is 16.9. The number of hydrogen-bond donors (Lipinski definition) is 2. The van der Waals surface area contributed by atoms with Gasteiger partial charge in [0.15, 0.2) is 0 Å². The third-order valence-electron chi connectivity index (χ3n) is 5.17. The predicted octanol–water partition coefficient (Wildman–Crippen LogP) is 5.40. The van der Waals surface area contributed by atoms with Crippen molar-refractivity contribution in [2.24, 2.45) is 0 Å². The molecule has 3 N–H and O–H groups in total. The Labute approximate surface area is 186 Å². The molecule has 164 valence electrons. The molecule has 0 atom stereocenters. The number of nitrogen functional groups attached to an aromatic ring is 1. The van der Waals surface area contributed by atoms with E-state index in [-0.39, 0.29) is 5.75 Å². The number of benzene rings is 2. The fraction of sp³-hybridized carbons (Fsp3) is 0.240. The number of carbonyl (C=O) groups is 1. The second kappa shape index (κ2) is 8.00. The molecule has 0 unspecified atom stereocenters. The van der Waals surface area contributed by atoms with Crippen LogP contribution in [0.5, 0.6) is 5.75 Å². The highest BCUT2D eigenvalue weighted by Gasteiger charge is 2.21. The summed E-state index contributed by atoms with van der Waals surface area (Å²) in [5.41, 5.74) is 11.1. The van der Waals surface area contributed by atoms with Crippen molar-refractivity contribution in [3.05, 3.63) is 60.4 Å². The van der Waals surface area contributed by atoms with E-state index < -0.39 is 11.7 Å². The number of aromatic nitrogens is 3. The summed E-state index contributed by atoms with van der Waals surface area (Å²) in [5, 5.41) is 14.7. The van der Waals surface area contributed by atoms with E-state index in [0.717, 1.165) is 39.6 Å². The third-order valence-corrected chi connectivity index (χ3v) is 5.17. The van der Waals surface area contributed by atoms with Crippen molar-refractivity contribution in [3.8, 4) is 28.0 Å². The molecule has 0 saturated carbocycles. The molecule has 0 radical (unpaired) electrons. The predicted molar refractivity (Wildman–Crippen MR) is 125 cm³/mol. The molecule has 0 aliphatic carbocycles. The normalized spacial score (nSPS) is 11.6. The maximum atomic E-state index is 12.5. The number of ether oxygens (including phenoxy) is 1. The number of aromatic hydroxyl groups is 1. The third kappa shape index (κ3) is 4.01. The smallest absolute Gasteiger partial charge is 0.435 e. The second-order valence-corrected chi connectivity index (χ2v) is 8.62. The van der Waals surface area contributed by atoms with Crippen LogP contribution in [0.15, 0.2) is 54.9 Å². The lowest BCUT2D eigenvalue weighted by atomic mass is 9.91. The topological polar surface area (TPSA) is 103 Å². The largest absolute Gasteiger partial charge is 0.508 e. The molecule has 0 aliphatic rings. The van der Waals surface area contributed by atoms with Crippen LogP contribution in [0, 0.1) is 0 Å². The molecule has 32 heavy (non-hydrogen) atoms. The molecule has 4 rings (SSSR count). The summed E-state index contributed by atoms with van der Waals surface area (Å²) in [5.74, 6) is 0.645. The Kier molecular flexibility index (Phi) is 5.34. The molecular formula is C25H26N4O3. The SMILES string of the molecule is CCc1c(-c2ccc(O)cc2)cnc(N)c1-c1ccc2c(cnn2C(=O)OC(C)(C)C)c1. The molecule has 0 saturated heterocycles. The molecule has 2 heterocycles. The minimum atomic E-state index is -0.611. The van der Waals surface area contributed by atoms with Crippen molar-refractivity contribution >= 4 is 22.8 Å². The summed E-state index contributed by atoms with van der Waals surface area (Å²) in [6.07, 6.45) is 3.63. The van der Waals surface area contributed by atoms with E-state index in [0.29, 0.717) is 11.3 Å². The van der Waals surface area contributed by atoms with Crippen LogP contribution in [-0.4, -0.2) is 31.6 Å². The Bertz CT molecular complexity index is 1300. The molecule has 0 fully saturated rings. The first-order valence-electron chi connectivity index (χ1n) is 10.5. The van der Waals surface area contributed by atoms with Crippen LogP contribution < -0.4 is 5.73 Å². The van der Waals surface area contributed by atoms with Gasteiger partial charge >= 0.3 is 6.09 Å². The molecular weight excluding hydrogens is 404 g/mol. The minimum absolute atomic E-state index is 0.211. The van der Waals surface area contributed by atoms with Crippen molar-refractivity contribution < 1.29 is 14.6 Å². The van der Waals surface area contributed by atoms with Crippen molar-refractivity contribution in [1.29, 1.82) is 0 Å². The van der Waals surface area contributed by atoms with Crippen molar-refractivity contribution in [2.75, 3.05) is 5.73 Å². The van der Waals surface area contributed by atoms with Gasteiger partial charge in [-0.25, -0.2) is 9.78 Å². The monoisotopic (exact) mass is 430 g/mol. The first-order valence-corrected chi connectivity index (χ1v) is 10.5. The molecule has 7 heteroatoms. The number of pyridine rings is 1. The van der Waals surface area contributed by atoms with E-state index in [2.05, 4.69) is 17.0 Å². The number of nitrogens with zero attached hydrogens (tertiary/aromatic N) is 3. The zero-order valence-electron chi connectivity index (χ0n) is 18.6. The number of phenols is 1. The number of carbonyl (C=O) groups excluding carboxylic acids is 1. The van der Waals surface area contributed by atoms with Gasteiger partial charge in [0.05, 0.1) is 11.7 Å². The number of rotatable bonds is 3. The molecule has 0 bridgehead atoms. The zero-order chi connectivity index (χ0) is 23.0. The van der Waals surface area contributed by atoms with E-state index >= 15 is 0 Å². The maximum absolute atomic E-state index is 12.5. The van der Waals surface area contributed by atoms with Crippen molar-refractivity contribution in [1.82, 2.24) is 14.8 Å². The summed E-state index contributed by atoms with van der Waals surface area (Å²) < 4.78 is 6.71. The Morgan fingerprint density at radius 1 is 1.09 bits per heavy atom. The highest BCUT2D eigenvalue weighted by molar-refractivity contribution is 5.93. The maximum Gasteiger partial charge on any atom is 0.435 e. The standard InChI is InChI=1S/C25H26N4O3/c1-5-19-20(15-6-9-18(30)10-7-15)14-27-23(26)22(19)16-8-11-21-17(12-16)13-28-29(21)24(31)32-25(2,3)4/h6-14,30H,5H2,1-4H3,(H2,26,27). The highest BCUT2D eigenvalue weighted by atomic mass is 16.6. The van der Waals surface area contributed by atoms with Gasteiger partial charge in [-0.05, 0) is 68.1 Å². The van der Waals surface area contributed by atoms with Gasteiger partial charge in [-0.15, -0.1) is 0 Å². The van der Waals surface area contributed by atoms with Crippen LogP contribution in [0.1, 0.15) is 33.3 Å². The molecule has 0 aliphatic heterocycles. The van der Waals surface area contributed by atoms with Gasteiger partial charge in [0.2, 0.25) is 0 Å². The fourth-order valence-electron chi connectivity index (χ4n) is 3.78. The number of fused-ring (bicyclic) bond motifs is 1. The Hall–Kier alpha value is -3.87. The Morgan fingerprint density at radius 3 is 2.44 bits per heavy atom. The van der Waals surface area contributed by atoms with Crippen LogP contribution in [0.3, 0.4) is 0 Å². The first-order chi connectivity index (χ1) is 15.2. The first kappa shape index (κ1) is 21.4. The van der Waals surface area contributed by atoms with Gasteiger partial charge in [0.25, 0.3) is 0 Å². The average molecular weight is 431 g/mol. The fourth-order valence-corrected chi connectivity index (χ4v) is 3.78. The van der Waals surface area contributed by atoms with Crippen molar-refractivity contribution in [2.45, 2.75) is 39.7 Å². The summed E-state index contributed by atoms with van der Waals surface area (Å²) in [7, 11) is 0. The van der Waals surface area contributed by atoms with Crippen molar-refractivity contribution in [3.63, 3.8) is 0 Å². The second-order valence-electron chi connectivity index (χ2n) is 8.62. The molecule has 7 nitrogen and oxygen atoms in total. The Morgan fingerprint density at radius 2 is 1.78 bits per heavy atom. The van der Waals surface area contributed by atoms with Gasteiger partial charge in [0.1, 0.15) is 17.2 Å². The van der Waals surface area contributed by atoms with Crippen LogP contribution in [0.25, 0.3) is 33.2 Å². The lowest BCUT2D eigenvalue weighted by molar-refractivity contribution is 0.0522. The molecule has 0 spiro atoms. The summed E-state index contributed by atoms with van der Waals surface area (Å²) in [6, 6.07) is 12.7. The van der Waals surface area contributed by atoms with E-state index in [1.54, 1.807) is 24.5 Å². The van der Waals surface area contributed by atoms with Gasteiger partial charge in [-0.1, -0.05) is 25.1 Å². The lowest BCUT2D eigenvalue weighted by Gasteiger charge is -2.19. The van der Waals surface area contributed by atoms with Crippen LogP contribution in [-0.2, 0) is 11.2 Å². The number of hydrogen-bond acceptors (Lipinski definition) is 6. The molecule has 2 aromatic heterocycles. The van der Waals surface area contributed by atoms with Crippen LogP contribution >= 0.6 is 0 Å². The van der Waals surface area contributed by atoms with E-state index in [1.807, 2.05) is 51.1 Å². The van der Waals surface area contributed by atoms with Crippen LogP contribution in [0.4, 0.5) is 10.6 Å². The Balaban J connectivity index is 1.81. The van der Waals surface area contributed by atoms with Gasteiger partial charge < -0.3 is 15.6 Å². The van der Waals surface area contributed by atoms with Gasteiger partial charge in [0, 0.05) is 22.7 Å². The minimum Gasteiger partial charge on any atom is -0.508 e. The molecule has 2 aromatic carbocycles. The van der Waals surface area contributed by atoms with E-state index in [9.17, 15) is 9.90 Å². The molecule has 0 amide bonds. The number of anilines is 1. The molecule has 4 aromatic rings. The van der Waals surface area contributed by atoms with Gasteiger partial charge in [-0.3, -0.25) is 0 Å². The average Bonchev–Trinajstić information content (AvgIpc) is 3.16. The quantitative estimate of drug-likeness (QED) is 0.451. The number of phenolic OH excluding ortho intramolecular Hbond substituents is 1. The summed E-state index contributed by atoms with van der Waals surface area (Å²) in [6.45, 7) is 7.52.